The van der Waals surface area contributed by atoms with Crippen LogP contribution in [-0.4, -0.2) is 21.2 Å². The van der Waals surface area contributed by atoms with Crippen LogP contribution in [0.1, 0.15) is 15.9 Å². The first-order chi connectivity index (χ1) is 12.0. The summed E-state index contributed by atoms with van der Waals surface area (Å²) >= 11 is 0. The summed E-state index contributed by atoms with van der Waals surface area (Å²) in [6.07, 6.45) is 1.64. The zero-order chi connectivity index (χ0) is 18.0. The third-order valence-electron chi connectivity index (χ3n) is 3.95. The highest BCUT2D eigenvalue weighted by Gasteiger charge is 2.28. The Kier molecular flexibility index (Phi) is 4.31. The Morgan fingerprint density at radius 1 is 1.24 bits per heavy atom. The lowest BCUT2D eigenvalue weighted by Gasteiger charge is -2.10. The molecule has 1 amide bonds. The first kappa shape index (κ1) is 16.4. The number of ketones is 1. The largest absolute Gasteiger partial charge is 0.334 e. The van der Waals surface area contributed by atoms with Gasteiger partial charge in [-0.2, -0.15) is 5.26 Å². The number of rotatable bonds is 4. The molecule has 6 nitrogen and oxygen atoms in total. The minimum Gasteiger partial charge on any atom is -0.334 e. The number of carbonyl (C=O) groups is 2. The third kappa shape index (κ3) is 3.26. The summed E-state index contributed by atoms with van der Waals surface area (Å²) in [6, 6.07) is 13.9. The molecule has 25 heavy (non-hydrogen) atoms. The molecule has 0 saturated heterocycles. The Labute approximate surface area is 144 Å². The molecule has 0 saturated carbocycles. The van der Waals surface area contributed by atoms with Crippen molar-refractivity contribution in [1.82, 2.24) is 9.55 Å². The first-order valence-electron chi connectivity index (χ1n) is 7.72. The molecule has 1 atom stereocenters. The van der Waals surface area contributed by atoms with Gasteiger partial charge in [0.25, 0.3) is 0 Å². The molecular weight excluding hydrogens is 316 g/mol. The maximum absolute atomic E-state index is 12.6. The summed E-state index contributed by atoms with van der Waals surface area (Å²) in [7, 11) is 1.85. The summed E-state index contributed by atoms with van der Waals surface area (Å²) in [5.74, 6) is -2.60. The van der Waals surface area contributed by atoms with E-state index >= 15 is 0 Å². The SMILES string of the molecule is Cc1cccc(NC(=O)[C@H](C#N)C(=O)c2ccc3c(c2)ncn3C)c1. The van der Waals surface area contributed by atoms with Crippen LogP contribution in [0.25, 0.3) is 11.0 Å². The number of anilines is 1. The average molecular weight is 332 g/mol. The van der Waals surface area contributed by atoms with Gasteiger partial charge in [-0.15, -0.1) is 0 Å². The van der Waals surface area contributed by atoms with Crippen molar-refractivity contribution in [2.45, 2.75) is 6.92 Å². The van der Waals surface area contributed by atoms with Gasteiger partial charge in [0.2, 0.25) is 5.91 Å². The Balaban J connectivity index is 1.84. The smallest absolute Gasteiger partial charge is 0.249 e. The van der Waals surface area contributed by atoms with E-state index in [0.29, 0.717) is 11.2 Å². The molecule has 6 heteroatoms. The van der Waals surface area contributed by atoms with Gasteiger partial charge < -0.3 is 9.88 Å². The summed E-state index contributed by atoms with van der Waals surface area (Å²) in [4.78, 5) is 29.2. The topological polar surface area (TPSA) is 87.8 Å². The molecule has 0 aliphatic heterocycles. The predicted octanol–water partition coefficient (Wildman–Crippen LogP) is 2.84. The zero-order valence-corrected chi connectivity index (χ0v) is 13.9. The summed E-state index contributed by atoms with van der Waals surface area (Å²) in [6.45, 7) is 1.89. The van der Waals surface area contributed by atoms with Crippen molar-refractivity contribution in [2.24, 2.45) is 13.0 Å². The summed E-state index contributed by atoms with van der Waals surface area (Å²) in [5, 5.41) is 12.0. The molecule has 0 radical (unpaired) electrons. The van der Waals surface area contributed by atoms with Crippen molar-refractivity contribution in [3.05, 3.63) is 59.9 Å². The van der Waals surface area contributed by atoms with Gasteiger partial charge in [0, 0.05) is 18.3 Å². The van der Waals surface area contributed by atoms with Gasteiger partial charge in [-0.05, 0) is 42.8 Å². The number of imidazole rings is 1. The normalized spacial score (nSPS) is 11.7. The molecule has 0 bridgehead atoms. The van der Waals surface area contributed by atoms with E-state index in [9.17, 15) is 14.9 Å². The van der Waals surface area contributed by atoms with Gasteiger partial charge >= 0.3 is 0 Å². The molecule has 0 unspecified atom stereocenters. The standard InChI is InChI=1S/C19H16N4O2/c1-12-4-3-5-14(8-12)22-19(25)15(10-20)18(24)13-6-7-17-16(9-13)21-11-23(17)2/h3-9,11,15H,1-2H3,(H,22,25)/t15-/m1/s1. The molecule has 2 aromatic carbocycles. The minimum atomic E-state index is -1.42. The minimum absolute atomic E-state index is 0.289. The molecule has 0 fully saturated rings. The van der Waals surface area contributed by atoms with E-state index in [-0.39, 0.29) is 5.56 Å². The van der Waals surface area contributed by atoms with Crippen LogP contribution in [0.15, 0.2) is 48.8 Å². The lowest BCUT2D eigenvalue weighted by atomic mass is 9.97. The number of nitriles is 1. The van der Waals surface area contributed by atoms with Crippen LogP contribution in [0.5, 0.6) is 0 Å². The molecule has 124 valence electrons. The quantitative estimate of drug-likeness (QED) is 0.588. The maximum atomic E-state index is 12.6. The van der Waals surface area contributed by atoms with Crippen LogP contribution < -0.4 is 5.32 Å². The lowest BCUT2D eigenvalue weighted by Crippen LogP contribution is -2.28. The van der Waals surface area contributed by atoms with Crippen LogP contribution in [0.3, 0.4) is 0 Å². The van der Waals surface area contributed by atoms with Crippen LogP contribution in [0, 0.1) is 24.2 Å². The second-order valence-corrected chi connectivity index (χ2v) is 5.84. The molecule has 1 N–H and O–H groups in total. The fourth-order valence-electron chi connectivity index (χ4n) is 2.63. The summed E-state index contributed by atoms with van der Waals surface area (Å²) in [5.41, 5.74) is 3.33. The van der Waals surface area contributed by atoms with E-state index in [1.165, 1.54) is 0 Å². The Morgan fingerprint density at radius 2 is 2.04 bits per heavy atom. The number of carbonyl (C=O) groups excluding carboxylic acids is 2. The van der Waals surface area contributed by atoms with E-state index in [1.54, 1.807) is 48.8 Å². The fourth-order valence-corrected chi connectivity index (χ4v) is 2.63. The number of fused-ring (bicyclic) bond motifs is 1. The number of aromatic nitrogens is 2. The van der Waals surface area contributed by atoms with Crippen LogP contribution in [0.2, 0.25) is 0 Å². The van der Waals surface area contributed by atoms with Gasteiger partial charge in [0.1, 0.15) is 0 Å². The van der Waals surface area contributed by atoms with Crippen molar-refractivity contribution in [2.75, 3.05) is 5.32 Å². The van der Waals surface area contributed by atoms with Crippen LogP contribution in [-0.2, 0) is 11.8 Å². The van der Waals surface area contributed by atoms with Gasteiger partial charge in [0.05, 0.1) is 23.4 Å². The Hall–Kier alpha value is -3.46. The molecule has 0 aliphatic rings. The molecule has 3 rings (SSSR count). The third-order valence-corrected chi connectivity index (χ3v) is 3.95. The highest BCUT2D eigenvalue weighted by Crippen LogP contribution is 2.18. The van der Waals surface area contributed by atoms with E-state index in [0.717, 1.165) is 11.1 Å². The Morgan fingerprint density at radius 3 is 2.76 bits per heavy atom. The van der Waals surface area contributed by atoms with E-state index in [4.69, 9.17) is 0 Å². The fraction of sp³-hybridized carbons (Fsp3) is 0.158. The summed E-state index contributed by atoms with van der Waals surface area (Å²) < 4.78 is 1.83. The molecule has 1 aromatic heterocycles. The van der Waals surface area contributed by atoms with Crippen molar-refractivity contribution >= 4 is 28.4 Å². The number of nitrogens with one attached hydrogen (secondary N) is 1. The van der Waals surface area contributed by atoms with Crippen LogP contribution in [0.4, 0.5) is 5.69 Å². The number of benzene rings is 2. The number of aryl methyl sites for hydroxylation is 2. The second kappa shape index (κ2) is 6.57. The second-order valence-electron chi connectivity index (χ2n) is 5.84. The van der Waals surface area contributed by atoms with Crippen molar-refractivity contribution in [3.8, 4) is 6.07 Å². The van der Waals surface area contributed by atoms with Gasteiger partial charge in [-0.1, -0.05) is 12.1 Å². The number of amides is 1. The maximum Gasteiger partial charge on any atom is 0.249 e. The molecule has 3 aromatic rings. The molecule has 1 heterocycles. The number of hydrogen-bond donors (Lipinski definition) is 1. The van der Waals surface area contributed by atoms with Gasteiger partial charge in [-0.3, -0.25) is 9.59 Å². The zero-order valence-electron chi connectivity index (χ0n) is 13.9. The van der Waals surface area contributed by atoms with E-state index in [2.05, 4.69) is 10.3 Å². The van der Waals surface area contributed by atoms with Crippen molar-refractivity contribution in [3.63, 3.8) is 0 Å². The van der Waals surface area contributed by atoms with Crippen LogP contribution >= 0.6 is 0 Å². The number of hydrogen-bond acceptors (Lipinski definition) is 4. The predicted molar refractivity (Wildman–Crippen MR) is 94.0 cm³/mol. The molecular formula is C19H16N4O2. The van der Waals surface area contributed by atoms with Crippen molar-refractivity contribution in [1.29, 1.82) is 5.26 Å². The molecule has 0 spiro atoms. The van der Waals surface area contributed by atoms with Gasteiger partial charge in [0.15, 0.2) is 11.7 Å². The van der Waals surface area contributed by atoms with Crippen molar-refractivity contribution < 1.29 is 9.59 Å². The highest BCUT2D eigenvalue weighted by molar-refractivity contribution is 6.16. The molecule has 0 aliphatic carbocycles. The van der Waals surface area contributed by atoms with Gasteiger partial charge in [-0.25, -0.2) is 4.98 Å². The highest BCUT2D eigenvalue weighted by atomic mass is 16.2. The number of nitrogens with zero attached hydrogens (tertiary/aromatic N) is 3. The Bertz CT molecular complexity index is 1010. The number of Topliss-reactive ketones (excluding diaryl/α,β-unsaturated/α-hetero) is 1. The lowest BCUT2D eigenvalue weighted by molar-refractivity contribution is -0.117. The monoisotopic (exact) mass is 332 g/mol. The van der Waals surface area contributed by atoms with E-state index in [1.807, 2.05) is 24.6 Å². The van der Waals surface area contributed by atoms with E-state index < -0.39 is 17.6 Å². The first-order valence-corrected chi connectivity index (χ1v) is 7.72. The average Bonchev–Trinajstić information content (AvgIpc) is 2.96.